The van der Waals surface area contributed by atoms with Gasteiger partial charge in [0.25, 0.3) is 0 Å². The molecule has 1 heterocycles. The molecule has 1 fully saturated rings. The standard InChI is InChI=1S/C30H33F3N2O2/c1-20(2)16-28(29(36)37)24-17-23(22-6-4-21(3)5-7-22)18-27(19-24)35-14-12-34(13-15-35)26-10-8-25(9-11-26)30(31,32)33/h4-11,17-20,28H,12-16H2,1-3H3,(H,36,37). The Morgan fingerprint density at radius 1 is 0.838 bits per heavy atom. The van der Waals surface area contributed by atoms with E-state index in [2.05, 4.69) is 28.0 Å². The summed E-state index contributed by atoms with van der Waals surface area (Å²) in [6, 6.07) is 19.6. The van der Waals surface area contributed by atoms with Crippen LogP contribution >= 0.6 is 0 Å². The Hall–Kier alpha value is -3.48. The van der Waals surface area contributed by atoms with Gasteiger partial charge in [0.1, 0.15) is 0 Å². The van der Waals surface area contributed by atoms with Crippen molar-refractivity contribution in [2.75, 3.05) is 36.0 Å². The third-order valence-corrected chi connectivity index (χ3v) is 6.94. The lowest BCUT2D eigenvalue weighted by Crippen LogP contribution is -2.46. The lowest BCUT2D eigenvalue weighted by atomic mass is 9.88. The summed E-state index contributed by atoms with van der Waals surface area (Å²) >= 11 is 0. The number of anilines is 2. The van der Waals surface area contributed by atoms with Gasteiger partial charge in [-0.2, -0.15) is 13.2 Å². The van der Waals surface area contributed by atoms with Gasteiger partial charge in [-0.15, -0.1) is 0 Å². The molecular formula is C30H33F3N2O2. The first-order chi connectivity index (χ1) is 17.5. The fourth-order valence-electron chi connectivity index (χ4n) is 4.87. The third kappa shape index (κ3) is 6.45. The van der Waals surface area contributed by atoms with Gasteiger partial charge in [-0.3, -0.25) is 4.79 Å². The number of carboxylic acids is 1. The van der Waals surface area contributed by atoms with Crippen molar-refractivity contribution in [2.45, 2.75) is 39.3 Å². The molecule has 4 nitrogen and oxygen atoms in total. The average molecular weight is 511 g/mol. The highest BCUT2D eigenvalue weighted by Gasteiger charge is 2.30. The van der Waals surface area contributed by atoms with Crippen molar-refractivity contribution in [1.29, 1.82) is 0 Å². The van der Waals surface area contributed by atoms with Crippen LogP contribution in [0.1, 0.15) is 42.9 Å². The molecule has 1 aliphatic heterocycles. The highest BCUT2D eigenvalue weighted by molar-refractivity contribution is 5.79. The molecule has 3 aromatic carbocycles. The number of alkyl halides is 3. The number of carboxylic acid groups (broad SMARTS) is 1. The minimum absolute atomic E-state index is 0.236. The van der Waals surface area contributed by atoms with Gasteiger partial charge in [-0.05, 0) is 72.4 Å². The maximum Gasteiger partial charge on any atom is 0.416 e. The molecule has 4 rings (SSSR count). The molecule has 0 aliphatic carbocycles. The van der Waals surface area contributed by atoms with E-state index in [4.69, 9.17) is 0 Å². The van der Waals surface area contributed by atoms with Crippen molar-refractivity contribution in [2.24, 2.45) is 5.92 Å². The molecule has 0 aromatic heterocycles. The number of nitrogens with zero attached hydrogens (tertiary/aromatic N) is 2. The monoisotopic (exact) mass is 510 g/mol. The highest BCUT2D eigenvalue weighted by atomic mass is 19.4. The summed E-state index contributed by atoms with van der Waals surface area (Å²) in [4.78, 5) is 16.5. The normalized spacial score (nSPS) is 15.2. The van der Waals surface area contributed by atoms with Crippen LogP contribution in [-0.2, 0) is 11.0 Å². The number of benzene rings is 3. The van der Waals surface area contributed by atoms with Crippen LogP contribution in [0.5, 0.6) is 0 Å². The summed E-state index contributed by atoms with van der Waals surface area (Å²) in [5.74, 6) is -1.19. The first kappa shape index (κ1) is 26.6. The number of aryl methyl sites for hydroxylation is 1. The minimum Gasteiger partial charge on any atom is -0.481 e. The zero-order valence-electron chi connectivity index (χ0n) is 21.4. The predicted octanol–water partition coefficient (Wildman–Crippen LogP) is 7.22. The van der Waals surface area contributed by atoms with E-state index in [-0.39, 0.29) is 5.92 Å². The lowest BCUT2D eigenvalue weighted by molar-refractivity contribution is -0.139. The Bertz CT molecular complexity index is 1210. The SMILES string of the molecule is Cc1ccc(-c2cc(C(CC(C)C)C(=O)O)cc(N3CCN(c4ccc(C(F)(F)F)cc4)CC3)c2)cc1. The molecule has 196 valence electrons. The molecule has 1 atom stereocenters. The molecule has 0 radical (unpaired) electrons. The summed E-state index contributed by atoms with van der Waals surface area (Å²) in [5.41, 5.74) is 5.05. The van der Waals surface area contributed by atoms with E-state index in [1.165, 1.54) is 12.1 Å². The average Bonchev–Trinajstić information content (AvgIpc) is 2.87. The van der Waals surface area contributed by atoms with Crippen molar-refractivity contribution < 1.29 is 23.1 Å². The smallest absolute Gasteiger partial charge is 0.416 e. The zero-order chi connectivity index (χ0) is 26.7. The molecule has 7 heteroatoms. The van der Waals surface area contributed by atoms with Gasteiger partial charge in [0, 0.05) is 37.6 Å². The number of hydrogen-bond donors (Lipinski definition) is 1. The first-order valence-corrected chi connectivity index (χ1v) is 12.6. The lowest BCUT2D eigenvalue weighted by Gasteiger charge is -2.38. The molecule has 1 aliphatic rings. The molecular weight excluding hydrogens is 477 g/mol. The van der Waals surface area contributed by atoms with E-state index in [0.717, 1.165) is 45.8 Å². The van der Waals surface area contributed by atoms with Gasteiger partial charge in [-0.1, -0.05) is 49.7 Å². The summed E-state index contributed by atoms with van der Waals surface area (Å²) in [7, 11) is 0. The van der Waals surface area contributed by atoms with Gasteiger partial charge in [-0.25, -0.2) is 0 Å². The van der Waals surface area contributed by atoms with E-state index >= 15 is 0 Å². The van der Waals surface area contributed by atoms with E-state index < -0.39 is 23.6 Å². The maximum atomic E-state index is 12.9. The van der Waals surface area contributed by atoms with Crippen molar-refractivity contribution in [3.63, 3.8) is 0 Å². The van der Waals surface area contributed by atoms with E-state index in [1.54, 1.807) is 0 Å². The summed E-state index contributed by atoms with van der Waals surface area (Å²) in [5, 5.41) is 10.0. The van der Waals surface area contributed by atoms with E-state index in [9.17, 15) is 23.1 Å². The summed E-state index contributed by atoms with van der Waals surface area (Å²) < 4.78 is 38.8. The van der Waals surface area contributed by atoms with Crippen molar-refractivity contribution in [3.8, 4) is 11.1 Å². The molecule has 0 spiro atoms. The number of aliphatic carboxylic acids is 1. The largest absolute Gasteiger partial charge is 0.481 e. The van der Waals surface area contributed by atoms with Gasteiger partial charge < -0.3 is 14.9 Å². The molecule has 0 bridgehead atoms. The fourth-order valence-corrected chi connectivity index (χ4v) is 4.87. The van der Waals surface area contributed by atoms with Gasteiger partial charge in [0.2, 0.25) is 0 Å². The molecule has 1 unspecified atom stereocenters. The molecule has 0 amide bonds. The van der Waals surface area contributed by atoms with E-state index in [1.807, 2.05) is 45.0 Å². The molecule has 1 saturated heterocycles. The van der Waals surface area contributed by atoms with Crippen LogP contribution in [0.25, 0.3) is 11.1 Å². The second-order valence-electron chi connectivity index (χ2n) is 10.2. The topological polar surface area (TPSA) is 43.8 Å². The van der Waals surface area contributed by atoms with Crippen LogP contribution < -0.4 is 9.80 Å². The first-order valence-electron chi connectivity index (χ1n) is 12.6. The number of carbonyl (C=O) groups is 1. The number of piperazine rings is 1. The van der Waals surface area contributed by atoms with Gasteiger partial charge >= 0.3 is 12.1 Å². The molecule has 37 heavy (non-hydrogen) atoms. The second-order valence-corrected chi connectivity index (χ2v) is 10.2. The van der Waals surface area contributed by atoms with Gasteiger partial charge in [0.05, 0.1) is 11.5 Å². The second kappa shape index (κ2) is 10.9. The van der Waals surface area contributed by atoms with Crippen LogP contribution in [0.3, 0.4) is 0 Å². The molecule has 3 aromatic rings. The Kier molecular flexibility index (Phi) is 7.81. The fraction of sp³-hybridized carbons (Fsp3) is 0.367. The van der Waals surface area contributed by atoms with E-state index in [0.29, 0.717) is 32.6 Å². The predicted molar refractivity (Wildman–Crippen MR) is 142 cm³/mol. The van der Waals surface area contributed by atoms with Crippen LogP contribution in [-0.4, -0.2) is 37.3 Å². The molecule has 0 saturated carbocycles. The Labute approximate surface area is 216 Å². The quantitative estimate of drug-likeness (QED) is 0.364. The van der Waals surface area contributed by atoms with Crippen molar-refractivity contribution in [3.05, 3.63) is 83.4 Å². The number of halogens is 3. The molecule has 1 N–H and O–H groups in total. The summed E-state index contributed by atoms with van der Waals surface area (Å²) in [6.07, 6.45) is -3.80. The Morgan fingerprint density at radius 2 is 1.41 bits per heavy atom. The Morgan fingerprint density at radius 3 is 1.92 bits per heavy atom. The minimum atomic E-state index is -4.35. The van der Waals surface area contributed by atoms with Gasteiger partial charge in [0.15, 0.2) is 0 Å². The Balaban J connectivity index is 1.60. The summed E-state index contributed by atoms with van der Waals surface area (Å²) in [6.45, 7) is 8.76. The number of rotatable bonds is 7. The van der Waals surface area contributed by atoms with Crippen LogP contribution in [0.4, 0.5) is 24.5 Å². The zero-order valence-corrected chi connectivity index (χ0v) is 21.4. The van der Waals surface area contributed by atoms with Crippen molar-refractivity contribution in [1.82, 2.24) is 0 Å². The maximum absolute atomic E-state index is 12.9. The highest BCUT2D eigenvalue weighted by Crippen LogP contribution is 2.35. The number of hydrogen-bond acceptors (Lipinski definition) is 3. The van der Waals surface area contributed by atoms with Crippen LogP contribution in [0.2, 0.25) is 0 Å². The van der Waals surface area contributed by atoms with Crippen molar-refractivity contribution >= 4 is 17.3 Å². The van der Waals surface area contributed by atoms with Crippen LogP contribution in [0, 0.1) is 12.8 Å². The third-order valence-electron chi connectivity index (χ3n) is 6.94. The van der Waals surface area contributed by atoms with Crippen LogP contribution in [0.15, 0.2) is 66.7 Å².